The first-order chi connectivity index (χ1) is 11.7. The van der Waals surface area contributed by atoms with E-state index in [4.69, 9.17) is 4.74 Å². The van der Waals surface area contributed by atoms with Crippen LogP contribution >= 0.6 is 0 Å². The summed E-state index contributed by atoms with van der Waals surface area (Å²) in [4.78, 5) is 35.1. The zero-order chi connectivity index (χ0) is 18.9. The average Bonchev–Trinajstić information content (AvgIpc) is 2.52. The van der Waals surface area contributed by atoms with Crippen LogP contribution in [0.15, 0.2) is 24.3 Å². The zero-order valence-electron chi connectivity index (χ0n) is 15.1. The molecule has 0 heterocycles. The average molecular weight is 350 g/mol. The van der Waals surface area contributed by atoms with Crippen molar-refractivity contribution in [1.82, 2.24) is 16.0 Å². The number of hydrogen-bond donors (Lipinski definition) is 4. The van der Waals surface area contributed by atoms with E-state index in [-0.39, 0.29) is 18.0 Å². The number of carbonyl (C=O) groups excluding carboxylic acids is 3. The molecule has 0 fully saturated rings. The monoisotopic (exact) mass is 350 g/mol. The Labute approximate surface area is 147 Å². The van der Waals surface area contributed by atoms with Crippen LogP contribution in [0.3, 0.4) is 0 Å². The fraction of sp³-hybridized carbons (Fsp3) is 0.471. The highest BCUT2D eigenvalue weighted by Gasteiger charge is 2.15. The molecule has 0 spiro atoms. The van der Waals surface area contributed by atoms with Crippen LogP contribution in [0, 0.1) is 0 Å². The first-order valence-electron chi connectivity index (χ1n) is 7.94. The van der Waals surface area contributed by atoms with Crippen LogP contribution in [-0.2, 0) is 9.53 Å². The molecule has 138 valence electrons. The van der Waals surface area contributed by atoms with Crippen molar-refractivity contribution in [3.05, 3.63) is 29.8 Å². The van der Waals surface area contributed by atoms with E-state index in [0.29, 0.717) is 24.4 Å². The summed E-state index contributed by atoms with van der Waals surface area (Å²) in [5.74, 6) is -0.631. The minimum Gasteiger partial charge on any atom is -0.383 e. The van der Waals surface area contributed by atoms with Gasteiger partial charge in [-0.25, -0.2) is 4.79 Å². The van der Waals surface area contributed by atoms with Gasteiger partial charge in [-0.2, -0.15) is 0 Å². The maximum atomic E-state index is 12.0. The molecule has 25 heavy (non-hydrogen) atoms. The highest BCUT2D eigenvalue weighted by atomic mass is 16.5. The third-order valence-corrected chi connectivity index (χ3v) is 2.93. The summed E-state index contributed by atoms with van der Waals surface area (Å²) in [6, 6.07) is 6.16. The Kier molecular flexibility index (Phi) is 7.87. The number of rotatable bonds is 7. The molecule has 0 saturated heterocycles. The number of hydrogen-bond acceptors (Lipinski definition) is 5. The third-order valence-electron chi connectivity index (χ3n) is 2.93. The Balaban J connectivity index is 2.41. The summed E-state index contributed by atoms with van der Waals surface area (Å²) in [5.41, 5.74) is 0.889. The van der Waals surface area contributed by atoms with Crippen molar-refractivity contribution in [1.29, 1.82) is 0 Å². The van der Waals surface area contributed by atoms with Crippen molar-refractivity contribution >= 4 is 23.5 Å². The molecule has 8 heteroatoms. The molecule has 0 unspecified atom stereocenters. The molecule has 0 aliphatic heterocycles. The lowest BCUT2D eigenvalue weighted by atomic mass is 10.1. The number of methoxy groups -OCH3 is 1. The van der Waals surface area contributed by atoms with Crippen molar-refractivity contribution in [3.8, 4) is 0 Å². The van der Waals surface area contributed by atoms with E-state index in [1.165, 1.54) is 7.11 Å². The van der Waals surface area contributed by atoms with Crippen LogP contribution in [0.5, 0.6) is 0 Å². The van der Waals surface area contributed by atoms with Crippen LogP contribution in [-0.4, -0.2) is 50.2 Å². The largest absolute Gasteiger partial charge is 0.383 e. The molecule has 0 bridgehead atoms. The Morgan fingerprint density at radius 3 is 2.28 bits per heavy atom. The predicted molar refractivity (Wildman–Crippen MR) is 95.6 cm³/mol. The second-order valence-corrected chi connectivity index (χ2v) is 6.43. The molecule has 1 aromatic carbocycles. The summed E-state index contributed by atoms with van der Waals surface area (Å²) < 4.78 is 4.79. The van der Waals surface area contributed by atoms with E-state index in [1.807, 2.05) is 20.8 Å². The van der Waals surface area contributed by atoms with Gasteiger partial charge >= 0.3 is 6.03 Å². The summed E-state index contributed by atoms with van der Waals surface area (Å²) in [5, 5.41) is 10.4. The van der Waals surface area contributed by atoms with Crippen LogP contribution in [0.25, 0.3) is 0 Å². The maximum Gasteiger partial charge on any atom is 0.321 e. The zero-order valence-corrected chi connectivity index (χ0v) is 15.1. The molecule has 1 rings (SSSR count). The Morgan fingerprint density at radius 2 is 1.72 bits per heavy atom. The number of carbonyl (C=O) groups is 3. The molecular weight excluding hydrogens is 324 g/mol. The molecule has 8 nitrogen and oxygen atoms in total. The smallest absolute Gasteiger partial charge is 0.321 e. The number of nitrogens with one attached hydrogen (secondary N) is 4. The number of anilines is 1. The first-order valence-corrected chi connectivity index (χ1v) is 7.94. The van der Waals surface area contributed by atoms with Gasteiger partial charge in [0.1, 0.15) is 0 Å². The summed E-state index contributed by atoms with van der Waals surface area (Å²) >= 11 is 0. The van der Waals surface area contributed by atoms with Crippen molar-refractivity contribution in [2.45, 2.75) is 26.3 Å². The summed E-state index contributed by atoms with van der Waals surface area (Å²) in [6.07, 6.45) is 0. The summed E-state index contributed by atoms with van der Waals surface area (Å²) in [6.45, 7) is 6.35. The van der Waals surface area contributed by atoms with Gasteiger partial charge in [0, 0.05) is 30.4 Å². The van der Waals surface area contributed by atoms with Gasteiger partial charge in [-0.3, -0.25) is 14.9 Å². The number of ether oxygens (including phenoxy) is 1. The third kappa shape index (κ3) is 8.71. The van der Waals surface area contributed by atoms with Crippen LogP contribution in [0.1, 0.15) is 31.1 Å². The minimum absolute atomic E-state index is 0.0643. The topological polar surface area (TPSA) is 109 Å². The molecule has 4 amide bonds. The van der Waals surface area contributed by atoms with Crippen molar-refractivity contribution in [2.24, 2.45) is 0 Å². The number of urea groups is 1. The predicted octanol–water partition coefficient (Wildman–Crippen LogP) is 1.10. The van der Waals surface area contributed by atoms with Crippen LogP contribution < -0.4 is 21.3 Å². The second-order valence-electron chi connectivity index (χ2n) is 6.43. The minimum atomic E-state index is -0.571. The lowest BCUT2D eigenvalue weighted by Crippen LogP contribution is -2.43. The highest BCUT2D eigenvalue weighted by Crippen LogP contribution is 2.10. The van der Waals surface area contributed by atoms with E-state index >= 15 is 0 Å². The maximum absolute atomic E-state index is 12.0. The number of imide groups is 1. The van der Waals surface area contributed by atoms with E-state index < -0.39 is 11.9 Å². The van der Waals surface area contributed by atoms with E-state index in [2.05, 4.69) is 21.3 Å². The van der Waals surface area contributed by atoms with E-state index in [1.54, 1.807) is 24.3 Å². The van der Waals surface area contributed by atoms with Crippen molar-refractivity contribution in [3.63, 3.8) is 0 Å². The standard InChI is InChI=1S/C17H26N4O4/c1-17(2,3)21-15(23)12-5-7-13(8-6-12)19-11-14(22)20-16(24)18-9-10-25-4/h5-8,19H,9-11H2,1-4H3,(H,21,23)(H2,18,20,22,24). The van der Waals surface area contributed by atoms with Gasteiger partial charge < -0.3 is 20.7 Å². The Bertz CT molecular complexity index is 594. The molecule has 0 aliphatic carbocycles. The van der Waals surface area contributed by atoms with Crippen molar-refractivity contribution in [2.75, 3.05) is 32.1 Å². The van der Waals surface area contributed by atoms with Gasteiger partial charge in [-0.1, -0.05) is 0 Å². The lowest BCUT2D eigenvalue weighted by Gasteiger charge is -2.20. The molecular formula is C17H26N4O4. The molecule has 0 saturated carbocycles. The molecule has 0 atom stereocenters. The highest BCUT2D eigenvalue weighted by molar-refractivity contribution is 5.96. The number of benzene rings is 1. The number of amides is 4. The molecule has 4 N–H and O–H groups in total. The van der Waals surface area contributed by atoms with Gasteiger partial charge in [-0.05, 0) is 45.0 Å². The van der Waals surface area contributed by atoms with E-state index in [9.17, 15) is 14.4 Å². The summed E-state index contributed by atoms with van der Waals surface area (Å²) in [7, 11) is 1.52. The van der Waals surface area contributed by atoms with Gasteiger partial charge in [0.25, 0.3) is 5.91 Å². The molecule has 1 aromatic rings. The lowest BCUT2D eigenvalue weighted by molar-refractivity contribution is -0.118. The van der Waals surface area contributed by atoms with Gasteiger partial charge in [0.15, 0.2) is 0 Å². The van der Waals surface area contributed by atoms with Gasteiger partial charge in [0.05, 0.1) is 13.2 Å². The fourth-order valence-electron chi connectivity index (χ4n) is 1.82. The molecule has 0 aromatic heterocycles. The quantitative estimate of drug-likeness (QED) is 0.551. The van der Waals surface area contributed by atoms with Gasteiger partial charge in [-0.15, -0.1) is 0 Å². The van der Waals surface area contributed by atoms with Gasteiger partial charge in [0.2, 0.25) is 5.91 Å². The first kappa shape index (κ1) is 20.4. The molecule has 0 aliphatic rings. The fourth-order valence-corrected chi connectivity index (χ4v) is 1.82. The van der Waals surface area contributed by atoms with Crippen LogP contribution in [0.4, 0.5) is 10.5 Å². The molecule has 0 radical (unpaired) electrons. The second kappa shape index (κ2) is 9.63. The van der Waals surface area contributed by atoms with Crippen LogP contribution in [0.2, 0.25) is 0 Å². The Hall–Kier alpha value is -2.61. The van der Waals surface area contributed by atoms with E-state index in [0.717, 1.165) is 0 Å². The normalized spacial score (nSPS) is 10.7. The SMILES string of the molecule is COCCNC(=O)NC(=O)CNc1ccc(C(=O)NC(C)(C)C)cc1. The Morgan fingerprint density at radius 1 is 1.08 bits per heavy atom. The van der Waals surface area contributed by atoms with Crippen molar-refractivity contribution < 1.29 is 19.1 Å².